The highest BCUT2D eigenvalue weighted by Crippen LogP contribution is 2.22. The third-order valence-corrected chi connectivity index (χ3v) is 2.77. The standard InChI is InChI=1S/C9H17NO2/c1-7-4-5-10(6-8(7)2)9(11)12-3/h7-8H,4-6H2,1-3H3/t7-,8+/m1/s1. The fourth-order valence-corrected chi connectivity index (χ4v) is 1.56. The Bertz CT molecular complexity index is 170. The monoisotopic (exact) mass is 171 g/mol. The lowest BCUT2D eigenvalue weighted by atomic mass is 9.89. The van der Waals surface area contributed by atoms with E-state index in [0.717, 1.165) is 25.4 Å². The van der Waals surface area contributed by atoms with Gasteiger partial charge in [-0.15, -0.1) is 0 Å². The first-order chi connectivity index (χ1) is 5.65. The Morgan fingerprint density at radius 2 is 2.08 bits per heavy atom. The van der Waals surface area contributed by atoms with Crippen molar-refractivity contribution in [2.75, 3.05) is 20.2 Å². The van der Waals surface area contributed by atoms with Crippen molar-refractivity contribution in [1.29, 1.82) is 0 Å². The molecule has 0 aromatic heterocycles. The van der Waals surface area contributed by atoms with Gasteiger partial charge >= 0.3 is 6.09 Å². The zero-order valence-electron chi connectivity index (χ0n) is 8.04. The number of amides is 1. The molecule has 0 saturated carbocycles. The fraction of sp³-hybridized carbons (Fsp3) is 0.889. The van der Waals surface area contributed by atoms with Crippen molar-refractivity contribution in [1.82, 2.24) is 4.90 Å². The van der Waals surface area contributed by atoms with Crippen LogP contribution in [0.1, 0.15) is 20.3 Å². The summed E-state index contributed by atoms with van der Waals surface area (Å²) in [5.74, 6) is 1.32. The molecule has 1 rings (SSSR count). The molecule has 2 atom stereocenters. The van der Waals surface area contributed by atoms with E-state index in [-0.39, 0.29) is 6.09 Å². The predicted octanol–water partition coefficient (Wildman–Crippen LogP) is 1.73. The summed E-state index contributed by atoms with van der Waals surface area (Å²) >= 11 is 0. The number of methoxy groups -OCH3 is 1. The van der Waals surface area contributed by atoms with E-state index in [1.54, 1.807) is 4.90 Å². The second kappa shape index (κ2) is 3.78. The molecular formula is C9H17NO2. The third kappa shape index (κ3) is 1.90. The molecule has 0 spiro atoms. The quantitative estimate of drug-likeness (QED) is 0.555. The van der Waals surface area contributed by atoms with Crippen LogP contribution in [0.5, 0.6) is 0 Å². The van der Waals surface area contributed by atoms with E-state index >= 15 is 0 Å². The Kier molecular flexibility index (Phi) is 2.95. The lowest BCUT2D eigenvalue weighted by molar-refractivity contribution is 0.0905. The number of likely N-dealkylation sites (tertiary alicyclic amines) is 1. The molecule has 0 aromatic rings. The summed E-state index contributed by atoms with van der Waals surface area (Å²) in [6.07, 6.45) is 0.907. The molecule has 1 amide bonds. The van der Waals surface area contributed by atoms with Crippen molar-refractivity contribution in [3.05, 3.63) is 0 Å². The zero-order valence-corrected chi connectivity index (χ0v) is 8.04. The molecule has 0 N–H and O–H groups in total. The average Bonchev–Trinajstić information content (AvgIpc) is 2.08. The van der Waals surface area contributed by atoms with Gasteiger partial charge in [-0.1, -0.05) is 13.8 Å². The van der Waals surface area contributed by atoms with Gasteiger partial charge in [-0.05, 0) is 18.3 Å². The molecule has 1 heterocycles. The van der Waals surface area contributed by atoms with E-state index < -0.39 is 0 Å². The van der Waals surface area contributed by atoms with Crippen molar-refractivity contribution in [2.24, 2.45) is 11.8 Å². The number of carbonyl (C=O) groups excluding carboxylic acids is 1. The Labute approximate surface area is 73.7 Å². The summed E-state index contributed by atoms with van der Waals surface area (Å²) in [7, 11) is 1.44. The van der Waals surface area contributed by atoms with Gasteiger partial charge in [0.25, 0.3) is 0 Å². The minimum atomic E-state index is -0.186. The number of hydrogen-bond donors (Lipinski definition) is 0. The molecular weight excluding hydrogens is 154 g/mol. The first kappa shape index (κ1) is 9.36. The molecule has 0 bridgehead atoms. The lowest BCUT2D eigenvalue weighted by Crippen LogP contribution is -2.42. The predicted molar refractivity (Wildman–Crippen MR) is 46.9 cm³/mol. The summed E-state index contributed by atoms with van der Waals surface area (Å²) in [6, 6.07) is 0. The zero-order chi connectivity index (χ0) is 9.14. The summed E-state index contributed by atoms with van der Waals surface area (Å²) in [4.78, 5) is 12.9. The highest BCUT2D eigenvalue weighted by atomic mass is 16.5. The molecule has 3 heteroatoms. The number of rotatable bonds is 0. The van der Waals surface area contributed by atoms with Gasteiger partial charge < -0.3 is 9.64 Å². The average molecular weight is 171 g/mol. The van der Waals surface area contributed by atoms with E-state index in [4.69, 9.17) is 0 Å². The van der Waals surface area contributed by atoms with Gasteiger partial charge in [0, 0.05) is 13.1 Å². The molecule has 0 aromatic carbocycles. The molecule has 0 radical (unpaired) electrons. The molecule has 3 nitrogen and oxygen atoms in total. The van der Waals surface area contributed by atoms with Gasteiger partial charge in [0.1, 0.15) is 0 Å². The highest BCUT2D eigenvalue weighted by Gasteiger charge is 2.25. The van der Waals surface area contributed by atoms with Crippen LogP contribution in [0.3, 0.4) is 0 Å². The van der Waals surface area contributed by atoms with E-state index in [2.05, 4.69) is 18.6 Å². The van der Waals surface area contributed by atoms with Crippen molar-refractivity contribution in [2.45, 2.75) is 20.3 Å². The number of nitrogens with zero attached hydrogens (tertiary/aromatic N) is 1. The summed E-state index contributed by atoms with van der Waals surface area (Å²) < 4.78 is 4.66. The summed E-state index contributed by atoms with van der Waals surface area (Å²) in [6.45, 7) is 6.10. The number of hydrogen-bond acceptors (Lipinski definition) is 2. The maximum atomic E-state index is 11.1. The van der Waals surface area contributed by atoms with Crippen LogP contribution in [-0.2, 0) is 4.74 Å². The minimum Gasteiger partial charge on any atom is -0.453 e. The van der Waals surface area contributed by atoms with Gasteiger partial charge in [-0.2, -0.15) is 0 Å². The molecule has 70 valence electrons. The summed E-state index contributed by atoms with van der Waals surface area (Å²) in [5.41, 5.74) is 0. The lowest BCUT2D eigenvalue weighted by Gasteiger charge is -2.34. The Balaban J connectivity index is 2.45. The van der Waals surface area contributed by atoms with E-state index in [1.807, 2.05) is 0 Å². The number of piperidine rings is 1. The van der Waals surface area contributed by atoms with Gasteiger partial charge in [0.05, 0.1) is 7.11 Å². The van der Waals surface area contributed by atoms with Gasteiger partial charge in [0.2, 0.25) is 0 Å². The van der Waals surface area contributed by atoms with Crippen LogP contribution in [0.4, 0.5) is 4.79 Å². The second-order valence-corrected chi connectivity index (χ2v) is 3.66. The Morgan fingerprint density at radius 1 is 1.42 bits per heavy atom. The van der Waals surface area contributed by atoms with Crippen molar-refractivity contribution in [3.8, 4) is 0 Å². The van der Waals surface area contributed by atoms with Crippen molar-refractivity contribution >= 4 is 6.09 Å². The van der Waals surface area contributed by atoms with Crippen LogP contribution in [0, 0.1) is 11.8 Å². The molecule has 1 aliphatic heterocycles. The smallest absolute Gasteiger partial charge is 0.409 e. The van der Waals surface area contributed by atoms with Crippen LogP contribution >= 0.6 is 0 Å². The SMILES string of the molecule is COC(=O)N1CC[C@@H](C)[C@@H](C)C1. The van der Waals surface area contributed by atoms with Crippen LogP contribution in [-0.4, -0.2) is 31.2 Å². The van der Waals surface area contributed by atoms with Crippen molar-refractivity contribution < 1.29 is 9.53 Å². The fourth-order valence-electron chi connectivity index (χ4n) is 1.56. The van der Waals surface area contributed by atoms with Crippen LogP contribution in [0.2, 0.25) is 0 Å². The van der Waals surface area contributed by atoms with Gasteiger partial charge in [-0.25, -0.2) is 4.79 Å². The molecule has 1 saturated heterocycles. The molecule has 12 heavy (non-hydrogen) atoms. The first-order valence-electron chi connectivity index (χ1n) is 4.48. The Hall–Kier alpha value is -0.730. The molecule has 0 aliphatic carbocycles. The molecule has 1 aliphatic rings. The maximum absolute atomic E-state index is 11.1. The van der Waals surface area contributed by atoms with Crippen LogP contribution in [0.25, 0.3) is 0 Å². The van der Waals surface area contributed by atoms with Crippen molar-refractivity contribution in [3.63, 3.8) is 0 Å². The van der Waals surface area contributed by atoms with E-state index in [0.29, 0.717) is 5.92 Å². The Morgan fingerprint density at radius 3 is 2.58 bits per heavy atom. The summed E-state index contributed by atoms with van der Waals surface area (Å²) in [5, 5.41) is 0. The number of carbonyl (C=O) groups is 1. The first-order valence-corrected chi connectivity index (χ1v) is 4.48. The largest absolute Gasteiger partial charge is 0.453 e. The van der Waals surface area contributed by atoms with Gasteiger partial charge in [-0.3, -0.25) is 0 Å². The second-order valence-electron chi connectivity index (χ2n) is 3.66. The highest BCUT2D eigenvalue weighted by molar-refractivity contribution is 5.67. The topological polar surface area (TPSA) is 29.5 Å². The molecule has 1 fully saturated rings. The van der Waals surface area contributed by atoms with Crippen LogP contribution < -0.4 is 0 Å². The van der Waals surface area contributed by atoms with E-state index in [1.165, 1.54) is 7.11 Å². The normalized spacial score (nSPS) is 30.1. The minimum absolute atomic E-state index is 0.186. The maximum Gasteiger partial charge on any atom is 0.409 e. The van der Waals surface area contributed by atoms with Crippen LogP contribution in [0.15, 0.2) is 0 Å². The molecule has 0 unspecified atom stereocenters. The van der Waals surface area contributed by atoms with E-state index in [9.17, 15) is 4.79 Å². The van der Waals surface area contributed by atoms with Gasteiger partial charge in [0.15, 0.2) is 0 Å². The number of ether oxygens (including phenoxy) is 1. The third-order valence-electron chi connectivity index (χ3n) is 2.77.